The highest BCUT2D eigenvalue weighted by atomic mass is 35.5. The molecule has 4 bridgehead atoms. The maximum atomic E-state index is 6.06. The zero-order valence-electron chi connectivity index (χ0n) is 13.9. The van der Waals surface area contributed by atoms with Crippen LogP contribution in [0.2, 0.25) is 10.0 Å². The van der Waals surface area contributed by atoms with E-state index in [-0.39, 0.29) is 0 Å². The van der Waals surface area contributed by atoms with Gasteiger partial charge in [-0.3, -0.25) is 0 Å². The van der Waals surface area contributed by atoms with Gasteiger partial charge in [0, 0.05) is 21.8 Å². The molecule has 0 spiro atoms. The number of thiocarbonyl (C=S) groups is 1. The Bertz CT molecular complexity index is 605. The molecule has 5 heteroatoms. The van der Waals surface area contributed by atoms with Gasteiger partial charge in [-0.25, -0.2) is 0 Å². The molecular formula is C19H24Cl2N2S. The monoisotopic (exact) mass is 382 g/mol. The number of halogens is 2. The second kappa shape index (κ2) is 6.34. The quantitative estimate of drug-likeness (QED) is 0.637. The van der Waals surface area contributed by atoms with Crippen LogP contribution in [0.1, 0.15) is 45.4 Å². The minimum atomic E-state index is 0.403. The molecule has 0 saturated heterocycles. The number of rotatable bonds is 3. The topological polar surface area (TPSA) is 24.1 Å². The third kappa shape index (κ3) is 3.27. The Morgan fingerprint density at radius 2 is 1.54 bits per heavy atom. The minimum absolute atomic E-state index is 0.403. The Morgan fingerprint density at radius 1 is 1.04 bits per heavy atom. The van der Waals surface area contributed by atoms with E-state index in [4.69, 9.17) is 35.4 Å². The van der Waals surface area contributed by atoms with Crippen molar-refractivity contribution in [1.82, 2.24) is 5.32 Å². The van der Waals surface area contributed by atoms with Crippen molar-refractivity contribution < 1.29 is 0 Å². The van der Waals surface area contributed by atoms with Gasteiger partial charge >= 0.3 is 0 Å². The first kappa shape index (κ1) is 16.9. The molecule has 24 heavy (non-hydrogen) atoms. The zero-order chi connectivity index (χ0) is 16.9. The summed E-state index contributed by atoms with van der Waals surface area (Å²) in [6.45, 7) is 2.31. The highest BCUT2D eigenvalue weighted by Gasteiger charge is 2.53. The molecule has 130 valence electrons. The van der Waals surface area contributed by atoms with Gasteiger partial charge in [0.2, 0.25) is 0 Å². The highest BCUT2D eigenvalue weighted by Crippen LogP contribution is 2.61. The van der Waals surface area contributed by atoms with Crippen LogP contribution in [0.15, 0.2) is 18.2 Å². The van der Waals surface area contributed by atoms with Gasteiger partial charge in [0.15, 0.2) is 5.11 Å². The number of benzene rings is 1. The van der Waals surface area contributed by atoms with Crippen LogP contribution in [0.25, 0.3) is 0 Å². The van der Waals surface area contributed by atoms with E-state index < -0.39 is 0 Å². The molecular weight excluding hydrogens is 359 g/mol. The van der Waals surface area contributed by atoms with E-state index in [0.717, 1.165) is 23.4 Å². The molecule has 1 aromatic rings. The number of anilines is 1. The fraction of sp³-hybridized carbons (Fsp3) is 0.632. The Morgan fingerprint density at radius 3 is 2.04 bits per heavy atom. The van der Waals surface area contributed by atoms with Crippen molar-refractivity contribution in [2.75, 3.05) is 5.32 Å². The lowest BCUT2D eigenvalue weighted by molar-refractivity contribution is -0.0671. The van der Waals surface area contributed by atoms with E-state index in [0.29, 0.717) is 26.6 Å². The van der Waals surface area contributed by atoms with Crippen molar-refractivity contribution in [3.05, 3.63) is 28.2 Å². The van der Waals surface area contributed by atoms with Gasteiger partial charge in [-0.05, 0) is 99.0 Å². The number of hydrogen-bond donors (Lipinski definition) is 2. The normalized spacial score (nSPS) is 34.9. The van der Waals surface area contributed by atoms with Crippen LogP contribution < -0.4 is 10.6 Å². The summed E-state index contributed by atoms with van der Waals surface area (Å²) in [6.07, 6.45) is 8.53. The van der Waals surface area contributed by atoms with Gasteiger partial charge < -0.3 is 10.6 Å². The lowest BCUT2D eigenvalue weighted by Gasteiger charge is -2.59. The van der Waals surface area contributed by atoms with E-state index in [1.165, 1.54) is 38.5 Å². The van der Waals surface area contributed by atoms with E-state index >= 15 is 0 Å². The van der Waals surface area contributed by atoms with Gasteiger partial charge in [0.1, 0.15) is 0 Å². The first-order valence-corrected chi connectivity index (χ1v) is 10.1. The Hall–Kier alpha value is -0.510. The van der Waals surface area contributed by atoms with Crippen LogP contribution in [-0.4, -0.2) is 11.2 Å². The minimum Gasteiger partial charge on any atom is -0.359 e. The summed E-state index contributed by atoms with van der Waals surface area (Å²) in [4.78, 5) is 0. The Kier molecular flexibility index (Phi) is 4.47. The molecule has 0 heterocycles. The molecule has 0 amide bonds. The summed E-state index contributed by atoms with van der Waals surface area (Å²) >= 11 is 17.7. The van der Waals surface area contributed by atoms with Crippen molar-refractivity contribution in [3.63, 3.8) is 0 Å². The number of nitrogens with one attached hydrogen (secondary N) is 2. The van der Waals surface area contributed by atoms with Crippen LogP contribution in [0, 0.1) is 23.2 Å². The summed E-state index contributed by atoms with van der Waals surface area (Å²) in [5.74, 6) is 2.86. The Balaban J connectivity index is 1.42. The highest BCUT2D eigenvalue weighted by molar-refractivity contribution is 7.80. The summed E-state index contributed by atoms with van der Waals surface area (Å²) in [5, 5.41) is 8.69. The predicted octanol–water partition coefficient (Wildman–Crippen LogP) is 5.88. The zero-order valence-corrected chi connectivity index (χ0v) is 16.3. The molecule has 4 saturated carbocycles. The molecule has 1 unspecified atom stereocenters. The van der Waals surface area contributed by atoms with Gasteiger partial charge in [-0.15, -0.1) is 0 Å². The summed E-state index contributed by atoms with van der Waals surface area (Å²) < 4.78 is 0. The molecule has 0 radical (unpaired) electrons. The molecule has 0 aromatic heterocycles. The second-order valence-corrected chi connectivity index (χ2v) is 9.54. The van der Waals surface area contributed by atoms with E-state index in [1.54, 1.807) is 6.07 Å². The lowest BCUT2D eigenvalue weighted by atomic mass is 9.48. The van der Waals surface area contributed by atoms with Gasteiger partial charge in [-0.2, -0.15) is 0 Å². The smallest absolute Gasteiger partial charge is 0.171 e. The van der Waals surface area contributed by atoms with Crippen LogP contribution >= 0.6 is 35.4 Å². The van der Waals surface area contributed by atoms with Crippen molar-refractivity contribution in [2.45, 2.75) is 51.5 Å². The molecule has 2 N–H and O–H groups in total. The maximum Gasteiger partial charge on any atom is 0.171 e. The molecule has 1 atom stereocenters. The predicted molar refractivity (Wildman–Crippen MR) is 106 cm³/mol. The van der Waals surface area contributed by atoms with Crippen LogP contribution in [0.4, 0.5) is 5.69 Å². The van der Waals surface area contributed by atoms with E-state index in [1.807, 2.05) is 12.1 Å². The number of hydrogen-bond acceptors (Lipinski definition) is 1. The molecule has 4 fully saturated rings. The fourth-order valence-electron chi connectivity index (χ4n) is 5.85. The third-order valence-electron chi connectivity index (χ3n) is 6.47. The molecule has 1 aromatic carbocycles. The van der Waals surface area contributed by atoms with E-state index in [2.05, 4.69) is 17.6 Å². The van der Waals surface area contributed by atoms with Crippen molar-refractivity contribution >= 4 is 46.2 Å². The molecule has 4 aliphatic rings. The molecule has 4 aliphatic carbocycles. The van der Waals surface area contributed by atoms with E-state index in [9.17, 15) is 0 Å². The van der Waals surface area contributed by atoms with Gasteiger partial charge in [-0.1, -0.05) is 23.2 Å². The third-order valence-corrected chi connectivity index (χ3v) is 7.13. The first-order valence-electron chi connectivity index (χ1n) is 8.95. The van der Waals surface area contributed by atoms with Gasteiger partial charge in [0.25, 0.3) is 0 Å². The lowest BCUT2D eigenvalue weighted by Crippen LogP contribution is -2.56. The summed E-state index contributed by atoms with van der Waals surface area (Å²) in [6, 6.07) is 5.82. The fourth-order valence-corrected chi connectivity index (χ4v) is 6.67. The molecule has 0 aliphatic heterocycles. The molecule has 2 nitrogen and oxygen atoms in total. The van der Waals surface area contributed by atoms with Crippen molar-refractivity contribution in [2.24, 2.45) is 23.2 Å². The summed E-state index contributed by atoms with van der Waals surface area (Å²) in [5.41, 5.74) is 1.27. The van der Waals surface area contributed by atoms with Gasteiger partial charge in [0.05, 0.1) is 0 Å². The molecule has 5 rings (SSSR count). The standard InChI is InChI=1S/C19H24Cl2N2S/c1-11(19-8-12-2-13(9-19)4-14(3-12)10-19)22-18(24)23-17-6-15(20)5-16(21)7-17/h5-7,11-14H,2-4,8-10H2,1H3,(H2,22,23,24). The summed E-state index contributed by atoms with van der Waals surface area (Å²) in [7, 11) is 0. The van der Waals surface area contributed by atoms with Crippen molar-refractivity contribution in [1.29, 1.82) is 0 Å². The first-order chi connectivity index (χ1) is 11.4. The maximum absolute atomic E-state index is 6.06. The Labute approximate surface area is 159 Å². The average Bonchev–Trinajstić information content (AvgIpc) is 2.44. The van der Waals surface area contributed by atoms with Crippen LogP contribution in [0.5, 0.6) is 0 Å². The second-order valence-electron chi connectivity index (χ2n) is 8.26. The SMILES string of the molecule is CC(NC(=S)Nc1cc(Cl)cc(Cl)c1)C12CC3CC(CC(C3)C1)C2. The van der Waals surface area contributed by atoms with Crippen molar-refractivity contribution in [3.8, 4) is 0 Å². The van der Waals surface area contributed by atoms with Crippen LogP contribution in [-0.2, 0) is 0 Å². The largest absolute Gasteiger partial charge is 0.359 e. The van der Waals surface area contributed by atoms with Crippen LogP contribution in [0.3, 0.4) is 0 Å². The average molecular weight is 383 g/mol.